The summed E-state index contributed by atoms with van der Waals surface area (Å²) in [6, 6.07) is 0. The van der Waals surface area contributed by atoms with Gasteiger partial charge in [-0.2, -0.15) is 0 Å². The lowest BCUT2D eigenvalue weighted by molar-refractivity contribution is -0.448. The molecule has 0 bridgehead atoms. The van der Waals surface area contributed by atoms with Gasteiger partial charge in [-0.05, 0) is 242 Å². The molecule has 0 aromatic carbocycles. The molecule has 0 saturated heterocycles. The molecule has 0 rings (SSSR count). The standard InChI is InChI=1S/C77H156O26/c1-15-21-42-71(20-6,76(102,72(98,43-26-38-63(90)91)67(16-2,47-51(7)8)55(78)30-22-34-59(82)83)73(99,44-27-39-64(92)93)68(17-3,48-52(9)10)56(79)31-23-35-60(84)85)77(103,74(100,45-28-40-65(94)95)69(18-4,49-53(11)12)57(80)32-24-36-61(86)87)75(101,46-29-41-66(96)97)70(19-5,50-54(13)14)58(81)33-25-37-62(88)89/h51-66,78-103H,15-50H2,1-14H3. The molecule has 0 heterocycles. The first-order chi connectivity index (χ1) is 47.5. The first-order valence-electron chi connectivity index (χ1n) is 39.5. The number of hydrogen-bond donors (Lipinski definition) is 26. The highest BCUT2D eigenvalue weighted by molar-refractivity contribution is 5.39. The molecule has 12 unspecified atom stereocenters. The zero-order chi connectivity index (χ0) is 80.2. The molecule has 26 nitrogen and oxygen atoms in total. The van der Waals surface area contributed by atoms with Crippen molar-refractivity contribution >= 4 is 0 Å². The van der Waals surface area contributed by atoms with Crippen molar-refractivity contribution in [2.24, 2.45) is 50.7 Å². The summed E-state index contributed by atoms with van der Waals surface area (Å²) in [5.74, 6) is -2.71. The second kappa shape index (κ2) is 45.5. The van der Waals surface area contributed by atoms with Gasteiger partial charge in [0.25, 0.3) is 0 Å². The summed E-state index contributed by atoms with van der Waals surface area (Å²) < 4.78 is 0. The Morgan fingerprint density at radius 2 is 0.388 bits per heavy atom. The highest BCUT2D eigenvalue weighted by Gasteiger charge is 2.89. The van der Waals surface area contributed by atoms with Crippen LogP contribution >= 0.6 is 0 Å². The van der Waals surface area contributed by atoms with E-state index < -0.39 is 300 Å². The summed E-state index contributed by atoms with van der Waals surface area (Å²) in [6.45, 7) is 23.3. The molecule has 12 atom stereocenters. The van der Waals surface area contributed by atoms with E-state index in [1.807, 2.05) is 0 Å². The van der Waals surface area contributed by atoms with E-state index in [1.54, 1.807) is 90.0 Å². The van der Waals surface area contributed by atoms with Gasteiger partial charge in [0, 0.05) is 27.1 Å². The summed E-state index contributed by atoms with van der Waals surface area (Å²) in [4.78, 5) is 0. The third-order valence-electron chi connectivity index (χ3n) is 24.6. The summed E-state index contributed by atoms with van der Waals surface area (Å²) in [6.07, 6.45) is -41.7. The number of hydrogen-bond acceptors (Lipinski definition) is 26. The molecular formula is C77H156O26. The van der Waals surface area contributed by atoms with Crippen molar-refractivity contribution < 1.29 is 133 Å². The van der Waals surface area contributed by atoms with Crippen LogP contribution in [0.3, 0.4) is 0 Å². The molecule has 0 aromatic heterocycles. The van der Waals surface area contributed by atoms with E-state index in [0.717, 1.165) is 0 Å². The third-order valence-corrected chi connectivity index (χ3v) is 24.6. The molecule has 0 aliphatic rings. The smallest absolute Gasteiger partial charge is 0.151 e. The fourth-order valence-electron chi connectivity index (χ4n) is 20.4. The van der Waals surface area contributed by atoms with Crippen molar-refractivity contribution in [3.05, 3.63) is 0 Å². The van der Waals surface area contributed by atoms with E-state index in [2.05, 4.69) is 0 Å². The Bertz CT molecular complexity index is 1950. The Labute approximate surface area is 617 Å². The summed E-state index contributed by atoms with van der Waals surface area (Å²) in [5.41, 5.74) is -34.6. The summed E-state index contributed by atoms with van der Waals surface area (Å²) >= 11 is 0. The van der Waals surface area contributed by atoms with Gasteiger partial charge in [0.15, 0.2) is 50.3 Å². The van der Waals surface area contributed by atoms with E-state index in [4.69, 9.17) is 0 Å². The minimum atomic E-state index is -3.97. The topological polar surface area (TPSA) is 526 Å². The molecule has 0 radical (unpaired) electrons. The maximum atomic E-state index is 17.5. The van der Waals surface area contributed by atoms with Crippen LogP contribution in [0.5, 0.6) is 0 Å². The molecule has 0 fully saturated rings. The fraction of sp³-hybridized carbons (Fsp3) is 1.00. The Morgan fingerprint density at radius 1 is 0.214 bits per heavy atom. The van der Waals surface area contributed by atoms with E-state index >= 15 is 30.6 Å². The molecule has 0 aliphatic heterocycles. The molecule has 620 valence electrons. The highest BCUT2D eigenvalue weighted by atomic mass is 16.5. The van der Waals surface area contributed by atoms with Crippen LogP contribution in [0.1, 0.15) is 328 Å². The summed E-state index contributed by atoms with van der Waals surface area (Å²) in [7, 11) is 0. The summed E-state index contributed by atoms with van der Waals surface area (Å²) in [5, 5.41) is 329. The van der Waals surface area contributed by atoms with Gasteiger partial charge in [0.1, 0.15) is 33.6 Å². The van der Waals surface area contributed by atoms with Crippen LogP contribution in [0.15, 0.2) is 0 Å². The van der Waals surface area contributed by atoms with Crippen molar-refractivity contribution in [1.29, 1.82) is 0 Å². The van der Waals surface area contributed by atoms with Crippen LogP contribution in [-0.2, 0) is 0 Å². The first-order valence-corrected chi connectivity index (χ1v) is 39.5. The molecule has 103 heavy (non-hydrogen) atoms. The van der Waals surface area contributed by atoms with Gasteiger partial charge in [-0.15, -0.1) is 0 Å². The monoisotopic (exact) mass is 1500 g/mol. The largest absolute Gasteiger partial charge is 0.392 e. The van der Waals surface area contributed by atoms with E-state index in [0.29, 0.717) is 0 Å². The van der Waals surface area contributed by atoms with Gasteiger partial charge in [-0.1, -0.05) is 110 Å². The average Bonchev–Trinajstić information content (AvgIpc) is 0.638. The van der Waals surface area contributed by atoms with Gasteiger partial charge in [-0.25, -0.2) is 0 Å². The number of aliphatic hydroxyl groups is 26. The predicted molar refractivity (Wildman–Crippen MR) is 391 cm³/mol. The van der Waals surface area contributed by atoms with Gasteiger partial charge in [0.05, 0.1) is 24.4 Å². The maximum absolute atomic E-state index is 17.5. The van der Waals surface area contributed by atoms with Crippen molar-refractivity contribution in [3.8, 4) is 0 Å². The number of aliphatic hydroxyl groups excluding tert-OH is 12. The van der Waals surface area contributed by atoms with Gasteiger partial charge in [0.2, 0.25) is 0 Å². The zero-order valence-electron chi connectivity index (χ0n) is 65.8. The lowest BCUT2D eigenvalue weighted by atomic mass is 9.31. The quantitative estimate of drug-likeness (QED) is 0.0355. The maximum Gasteiger partial charge on any atom is 0.151 e. The van der Waals surface area contributed by atoms with Gasteiger partial charge in [-0.3, -0.25) is 0 Å². The Morgan fingerprint density at radius 3 is 0.524 bits per heavy atom. The Kier molecular flexibility index (Phi) is 45.0. The third kappa shape index (κ3) is 23.5. The van der Waals surface area contributed by atoms with E-state index in [-0.39, 0.29) is 89.9 Å². The molecule has 0 spiro atoms. The van der Waals surface area contributed by atoms with Gasteiger partial charge < -0.3 is 133 Å². The van der Waals surface area contributed by atoms with Crippen molar-refractivity contribution in [3.63, 3.8) is 0 Å². The van der Waals surface area contributed by atoms with Crippen LogP contribution in [0, 0.1) is 50.7 Å². The molecule has 0 amide bonds. The second-order valence-corrected chi connectivity index (χ2v) is 33.0. The molecule has 0 aromatic rings. The Hall–Kier alpha value is -1.04. The molecule has 0 saturated carbocycles. The van der Waals surface area contributed by atoms with Crippen LogP contribution in [0.2, 0.25) is 0 Å². The highest BCUT2D eigenvalue weighted by Crippen LogP contribution is 2.76. The van der Waals surface area contributed by atoms with Crippen molar-refractivity contribution in [2.45, 2.75) is 436 Å². The SMILES string of the molecule is CCCCC(CC)(C(O)(C(O)(CCCC(O)O)C(CC)(CC(C)C)C(O)CCCC(O)O)C(O)(CCCC(O)O)C(CC)(CC(C)C)C(O)CCCC(O)O)C(O)(C(O)(CCCC(O)O)C(CC)(CC(C)C)C(O)CCCC(O)O)C(O)(CCCC(O)O)C(CC)(CC(C)C)C(O)CCCC(O)O. The molecular weight excluding hydrogens is 1340 g/mol. The predicted octanol–water partition coefficient (Wildman–Crippen LogP) is 5.02. The lowest BCUT2D eigenvalue weighted by Gasteiger charge is -2.78. The minimum Gasteiger partial charge on any atom is -0.392 e. The van der Waals surface area contributed by atoms with Crippen molar-refractivity contribution in [2.75, 3.05) is 0 Å². The van der Waals surface area contributed by atoms with Crippen LogP contribution in [0.4, 0.5) is 0 Å². The average molecular weight is 1500 g/mol. The molecule has 0 aliphatic carbocycles. The number of unbranched alkanes of at least 4 members (excludes halogenated alkanes) is 1. The lowest BCUT2D eigenvalue weighted by Crippen LogP contribution is -2.93. The zero-order valence-corrected chi connectivity index (χ0v) is 65.8. The van der Waals surface area contributed by atoms with Crippen molar-refractivity contribution in [1.82, 2.24) is 0 Å². The van der Waals surface area contributed by atoms with Crippen LogP contribution in [-0.4, -0.2) is 241 Å². The fourth-order valence-corrected chi connectivity index (χ4v) is 20.4. The second-order valence-electron chi connectivity index (χ2n) is 33.0. The minimum absolute atomic E-state index is 0.0601. The first kappa shape index (κ1) is 102. The van der Waals surface area contributed by atoms with Crippen LogP contribution < -0.4 is 0 Å². The number of rotatable bonds is 62. The Balaban J connectivity index is 13.5. The molecule has 26 N–H and O–H groups in total. The van der Waals surface area contributed by atoms with E-state index in [9.17, 15) is 102 Å². The van der Waals surface area contributed by atoms with E-state index in [1.165, 1.54) is 6.92 Å². The van der Waals surface area contributed by atoms with Gasteiger partial charge >= 0.3 is 0 Å². The normalized spacial score (nSPS) is 20.9. The molecule has 26 heteroatoms. The van der Waals surface area contributed by atoms with Crippen LogP contribution in [0.25, 0.3) is 0 Å².